The van der Waals surface area contributed by atoms with Crippen molar-refractivity contribution in [1.82, 2.24) is 10.6 Å². The monoisotopic (exact) mass is 392 g/mol. The van der Waals surface area contributed by atoms with E-state index in [4.69, 9.17) is 9.73 Å². The van der Waals surface area contributed by atoms with E-state index in [0.717, 1.165) is 58.0 Å². The summed E-state index contributed by atoms with van der Waals surface area (Å²) >= 11 is 1.84. The summed E-state index contributed by atoms with van der Waals surface area (Å²) < 4.78 is 5.36. The number of hydrogen-bond acceptors (Lipinski definition) is 4. The Morgan fingerprint density at radius 1 is 1.33 bits per heavy atom. The first kappa shape index (κ1) is 20.5. The van der Waals surface area contributed by atoms with E-state index in [0.29, 0.717) is 11.5 Å². The molecule has 1 aromatic heterocycles. The summed E-state index contributed by atoms with van der Waals surface area (Å²) in [5.41, 5.74) is 0.348. The van der Waals surface area contributed by atoms with E-state index in [9.17, 15) is 0 Å². The number of rotatable bonds is 8. The SMILES string of the molecule is CCNC(=NCC1(CCOC)CCCC1)NC1CCN(c2cccs2)CC1. The molecule has 27 heavy (non-hydrogen) atoms. The number of anilines is 1. The average molecular weight is 393 g/mol. The Morgan fingerprint density at radius 3 is 2.74 bits per heavy atom. The molecule has 1 saturated carbocycles. The van der Waals surface area contributed by atoms with Gasteiger partial charge in [0, 0.05) is 45.9 Å². The van der Waals surface area contributed by atoms with E-state index in [1.165, 1.54) is 30.7 Å². The zero-order valence-corrected chi connectivity index (χ0v) is 17.8. The first-order valence-corrected chi connectivity index (χ1v) is 11.4. The quantitative estimate of drug-likeness (QED) is 0.521. The number of methoxy groups -OCH3 is 1. The van der Waals surface area contributed by atoms with Crippen LogP contribution in [0.3, 0.4) is 0 Å². The lowest BCUT2D eigenvalue weighted by Gasteiger charge is -2.34. The third kappa shape index (κ3) is 5.85. The van der Waals surface area contributed by atoms with Crippen LogP contribution in [0.5, 0.6) is 0 Å². The summed E-state index contributed by atoms with van der Waals surface area (Å²) in [5.74, 6) is 0.996. The second kappa shape index (κ2) is 10.3. The van der Waals surface area contributed by atoms with E-state index < -0.39 is 0 Å². The minimum atomic E-state index is 0.348. The molecule has 3 rings (SSSR count). The van der Waals surface area contributed by atoms with E-state index in [1.54, 1.807) is 7.11 Å². The highest BCUT2D eigenvalue weighted by molar-refractivity contribution is 7.14. The van der Waals surface area contributed by atoms with Crippen LogP contribution in [0.1, 0.15) is 51.9 Å². The minimum Gasteiger partial charge on any atom is -0.385 e. The van der Waals surface area contributed by atoms with Crippen molar-refractivity contribution in [2.45, 2.75) is 57.9 Å². The molecule has 5 nitrogen and oxygen atoms in total. The zero-order chi connectivity index (χ0) is 19.0. The van der Waals surface area contributed by atoms with Gasteiger partial charge in [0.05, 0.1) is 5.00 Å². The predicted octanol–water partition coefficient (Wildman–Crippen LogP) is 3.87. The first-order chi connectivity index (χ1) is 13.2. The number of thiophene rings is 1. The van der Waals surface area contributed by atoms with Gasteiger partial charge in [0.1, 0.15) is 0 Å². The van der Waals surface area contributed by atoms with Crippen molar-refractivity contribution in [3.05, 3.63) is 17.5 Å². The summed E-state index contributed by atoms with van der Waals surface area (Å²) in [7, 11) is 1.81. The van der Waals surface area contributed by atoms with Crippen LogP contribution in [0.15, 0.2) is 22.5 Å². The van der Waals surface area contributed by atoms with Crippen LogP contribution in [0, 0.1) is 5.41 Å². The van der Waals surface area contributed by atoms with Crippen LogP contribution < -0.4 is 15.5 Å². The number of hydrogen-bond donors (Lipinski definition) is 2. The van der Waals surface area contributed by atoms with Crippen molar-refractivity contribution in [2.75, 3.05) is 44.8 Å². The Balaban J connectivity index is 1.53. The Hall–Kier alpha value is -1.27. The molecule has 2 aliphatic rings. The normalized spacial score (nSPS) is 20.8. The van der Waals surface area contributed by atoms with E-state index in [-0.39, 0.29) is 0 Å². The van der Waals surface area contributed by atoms with Gasteiger partial charge < -0.3 is 20.3 Å². The number of guanidine groups is 1. The molecular formula is C21H36N4OS. The molecule has 0 spiro atoms. The van der Waals surface area contributed by atoms with Crippen LogP contribution >= 0.6 is 11.3 Å². The van der Waals surface area contributed by atoms with Gasteiger partial charge in [-0.05, 0) is 62.0 Å². The molecule has 1 aliphatic heterocycles. The Kier molecular flexibility index (Phi) is 7.82. The van der Waals surface area contributed by atoms with Gasteiger partial charge >= 0.3 is 0 Å². The Bertz CT molecular complexity index is 561. The summed E-state index contributed by atoms with van der Waals surface area (Å²) in [5, 5.41) is 10.7. The maximum absolute atomic E-state index is 5.36. The van der Waals surface area contributed by atoms with Crippen molar-refractivity contribution in [2.24, 2.45) is 10.4 Å². The topological polar surface area (TPSA) is 48.9 Å². The van der Waals surface area contributed by atoms with E-state index in [2.05, 4.69) is 40.0 Å². The fourth-order valence-corrected chi connectivity index (χ4v) is 5.17. The summed E-state index contributed by atoms with van der Waals surface area (Å²) in [6, 6.07) is 4.88. The highest BCUT2D eigenvalue weighted by Gasteiger charge is 2.33. The zero-order valence-electron chi connectivity index (χ0n) is 17.0. The van der Waals surface area contributed by atoms with Crippen LogP contribution in [0.4, 0.5) is 5.00 Å². The van der Waals surface area contributed by atoms with Gasteiger partial charge in [-0.2, -0.15) is 0 Å². The van der Waals surface area contributed by atoms with Crippen LogP contribution in [0.2, 0.25) is 0 Å². The third-order valence-electron chi connectivity index (χ3n) is 6.07. The molecular weight excluding hydrogens is 356 g/mol. The van der Waals surface area contributed by atoms with Gasteiger partial charge in [-0.25, -0.2) is 0 Å². The molecule has 2 heterocycles. The predicted molar refractivity (Wildman–Crippen MR) is 116 cm³/mol. The number of piperidine rings is 1. The molecule has 0 bridgehead atoms. The lowest BCUT2D eigenvalue weighted by molar-refractivity contribution is 0.141. The van der Waals surface area contributed by atoms with Crippen LogP contribution in [0.25, 0.3) is 0 Å². The maximum Gasteiger partial charge on any atom is 0.191 e. The number of aliphatic imine (C=N–C) groups is 1. The molecule has 2 N–H and O–H groups in total. The van der Waals surface area contributed by atoms with Crippen molar-refractivity contribution < 1.29 is 4.74 Å². The Labute approximate surface area is 168 Å². The highest BCUT2D eigenvalue weighted by atomic mass is 32.1. The average Bonchev–Trinajstić information content (AvgIpc) is 3.38. The van der Waals surface area contributed by atoms with Gasteiger partial charge in [-0.1, -0.05) is 12.8 Å². The lowest BCUT2D eigenvalue weighted by Crippen LogP contribution is -2.49. The Morgan fingerprint density at radius 2 is 2.11 bits per heavy atom. The van der Waals surface area contributed by atoms with Crippen molar-refractivity contribution >= 4 is 22.3 Å². The van der Waals surface area contributed by atoms with Crippen LogP contribution in [-0.4, -0.2) is 51.9 Å². The number of nitrogens with one attached hydrogen (secondary N) is 2. The van der Waals surface area contributed by atoms with Crippen LogP contribution in [-0.2, 0) is 4.74 Å². The van der Waals surface area contributed by atoms with Gasteiger partial charge in [0.2, 0.25) is 0 Å². The minimum absolute atomic E-state index is 0.348. The van der Waals surface area contributed by atoms with E-state index in [1.807, 2.05) is 11.3 Å². The van der Waals surface area contributed by atoms with Crippen molar-refractivity contribution in [3.63, 3.8) is 0 Å². The number of nitrogens with zero attached hydrogens (tertiary/aromatic N) is 2. The van der Waals surface area contributed by atoms with Crippen molar-refractivity contribution in [3.8, 4) is 0 Å². The lowest BCUT2D eigenvalue weighted by atomic mass is 9.83. The summed E-state index contributed by atoms with van der Waals surface area (Å²) in [6.07, 6.45) is 8.71. The second-order valence-corrected chi connectivity index (χ2v) is 8.93. The molecule has 152 valence electrons. The fourth-order valence-electron chi connectivity index (χ4n) is 4.38. The van der Waals surface area contributed by atoms with Crippen molar-refractivity contribution in [1.29, 1.82) is 0 Å². The molecule has 1 aromatic rings. The smallest absolute Gasteiger partial charge is 0.191 e. The van der Waals surface area contributed by atoms with Gasteiger partial charge in [0.25, 0.3) is 0 Å². The van der Waals surface area contributed by atoms with Gasteiger partial charge in [0.15, 0.2) is 5.96 Å². The van der Waals surface area contributed by atoms with Gasteiger partial charge in [-0.15, -0.1) is 11.3 Å². The summed E-state index contributed by atoms with van der Waals surface area (Å²) in [4.78, 5) is 7.52. The standard InChI is InChI=1S/C21H36N4OS/c1-3-22-20(23-17-21(12-15-26-2)10-4-5-11-21)24-18-8-13-25(14-9-18)19-7-6-16-27-19/h6-7,16,18H,3-5,8-15,17H2,1-2H3,(H2,22,23,24). The molecule has 0 radical (unpaired) electrons. The molecule has 0 aromatic carbocycles. The number of ether oxygens (including phenoxy) is 1. The maximum atomic E-state index is 5.36. The van der Waals surface area contributed by atoms with E-state index >= 15 is 0 Å². The first-order valence-electron chi connectivity index (χ1n) is 10.6. The molecule has 0 atom stereocenters. The molecule has 0 amide bonds. The largest absolute Gasteiger partial charge is 0.385 e. The summed E-state index contributed by atoms with van der Waals surface area (Å²) in [6.45, 7) is 7.06. The molecule has 1 saturated heterocycles. The molecule has 2 fully saturated rings. The molecule has 0 unspecified atom stereocenters. The highest BCUT2D eigenvalue weighted by Crippen LogP contribution is 2.41. The van der Waals surface area contributed by atoms with Gasteiger partial charge in [-0.3, -0.25) is 4.99 Å². The fraction of sp³-hybridized carbons (Fsp3) is 0.762. The molecule has 1 aliphatic carbocycles. The third-order valence-corrected chi connectivity index (χ3v) is 7.00. The second-order valence-electron chi connectivity index (χ2n) is 8.00. The molecule has 6 heteroatoms.